The smallest absolute Gasteiger partial charge is 0.0246 e. The van der Waals surface area contributed by atoms with E-state index in [4.69, 9.17) is 11.6 Å². The highest BCUT2D eigenvalue weighted by Gasteiger charge is 2.27. The van der Waals surface area contributed by atoms with Crippen molar-refractivity contribution < 1.29 is 0 Å². The van der Waals surface area contributed by atoms with E-state index in [-0.39, 0.29) is 0 Å². The molecule has 0 radical (unpaired) electrons. The average Bonchev–Trinajstić information content (AvgIpc) is 2.58. The van der Waals surface area contributed by atoms with Gasteiger partial charge in [-0.25, -0.2) is 0 Å². The van der Waals surface area contributed by atoms with E-state index in [1.807, 2.05) is 6.92 Å². The van der Waals surface area contributed by atoms with Crippen molar-refractivity contribution in [2.24, 2.45) is 0 Å². The minimum absolute atomic E-state index is 0.955. The fourth-order valence-electron chi connectivity index (χ4n) is 2.94. The summed E-state index contributed by atoms with van der Waals surface area (Å²) in [5.41, 5.74) is 0. The minimum Gasteiger partial charge on any atom is -0.0883 e. The van der Waals surface area contributed by atoms with Crippen LogP contribution in [0.15, 0.2) is 91.0 Å². The summed E-state index contributed by atoms with van der Waals surface area (Å²) < 4.78 is 0.955. The molecule has 2 heteroatoms. The van der Waals surface area contributed by atoms with Gasteiger partial charge in [0.2, 0.25) is 0 Å². The van der Waals surface area contributed by atoms with Gasteiger partial charge >= 0.3 is 0 Å². The summed E-state index contributed by atoms with van der Waals surface area (Å²) in [6.45, 7) is 0.101. The zero-order valence-electron chi connectivity index (χ0n) is 12.5. The molecule has 22 heavy (non-hydrogen) atoms. The molecule has 3 aromatic rings. The Hall–Kier alpha value is -1.75. The van der Waals surface area contributed by atoms with Crippen LogP contribution in [-0.2, 0) is 0 Å². The largest absolute Gasteiger partial charge is 0.0883 e. The molecule has 3 aromatic carbocycles. The lowest BCUT2D eigenvalue weighted by atomic mass is 10.4. The summed E-state index contributed by atoms with van der Waals surface area (Å²) in [7, 11) is 0. The van der Waals surface area contributed by atoms with Crippen LogP contribution in [0.25, 0.3) is 0 Å². The summed E-state index contributed by atoms with van der Waals surface area (Å²) in [6, 6.07) is 31.9. The molecule has 0 nitrogen and oxygen atoms in total. The molecule has 0 fully saturated rings. The van der Waals surface area contributed by atoms with E-state index in [2.05, 4.69) is 91.0 Å². The first-order valence-corrected chi connectivity index (χ1v) is 9.48. The topological polar surface area (TPSA) is 0 Å². The average molecular weight is 325 g/mol. The molecule has 0 saturated carbocycles. The Morgan fingerprint density at radius 2 is 0.864 bits per heavy atom. The van der Waals surface area contributed by atoms with Gasteiger partial charge in [-0.15, -0.1) is 0 Å². The molecule has 0 amide bonds. The molecule has 0 N–H and O–H groups in total. The summed E-state index contributed by atoms with van der Waals surface area (Å²) in [5.74, 6) is 0. The minimum atomic E-state index is -1.94. The molecule has 0 heterocycles. The normalized spacial score (nSPS) is 11.2. The third kappa shape index (κ3) is 2.54. The number of halogens is 1. The molecule has 3 rings (SSSR count). The molecule has 0 saturated heterocycles. The fraction of sp³-hybridized carbons (Fsp3) is 0.0500. The first-order chi connectivity index (χ1) is 10.8. The highest BCUT2D eigenvalue weighted by atomic mass is 35.5. The van der Waals surface area contributed by atoms with E-state index in [0.717, 1.165) is 4.75 Å². The van der Waals surface area contributed by atoms with Crippen molar-refractivity contribution in [2.45, 2.75) is 6.92 Å². The van der Waals surface area contributed by atoms with Crippen LogP contribution in [0.3, 0.4) is 0 Å². The van der Waals surface area contributed by atoms with Crippen LogP contribution in [0.4, 0.5) is 0 Å². The molecule has 0 aliphatic rings. The van der Waals surface area contributed by atoms with E-state index in [9.17, 15) is 0 Å². The lowest BCUT2D eigenvalue weighted by Gasteiger charge is -2.29. The van der Waals surface area contributed by atoms with Crippen LogP contribution in [0.5, 0.6) is 0 Å². The van der Waals surface area contributed by atoms with E-state index in [1.54, 1.807) is 0 Å². The predicted octanol–water partition coefficient (Wildman–Crippen LogP) is 4.37. The Morgan fingerprint density at radius 3 is 1.09 bits per heavy atom. The highest BCUT2D eigenvalue weighted by Crippen LogP contribution is 2.46. The monoisotopic (exact) mass is 324 g/mol. The zero-order chi connectivity index (χ0) is 15.4. The lowest BCUT2D eigenvalue weighted by molar-refractivity contribution is 1.73. The summed E-state index contributed by atoms with van der Waals surface area (Å²) in [5, 5.41) is 3.87. The molecule has 0 atom stereocenters. The number of hydrogen-bond donors (Lipinski definition) is 0. The van der Waals surface area contributed by atoms with Crippen LogP contribution in [-0.4, -0.2) is 4.75 Å². The maximum absolute atomic E-state index is 6.77. The van der Waals surface area contributed by atoms with Gasteiger partial charge in [-0.1, -0.05) is 103 Å². The highest BCUT2D eigenvalue weighted by molar-refractivity contribution is 7.97. The van der Waals surface area contributed by atoms with Gasteiger partial charge in [0.05, 0.1) is 0 Å². The molecule has 0 aliphatic carbocycles. The first-order valence-electron chi connectivity index (χ1n) is 7.32. The van der Waals surface area contributed by atoms with Crippen molar-refractivity contribution in [3.8, 4) is 0 Å². The van der Waals surface area contributed by atoms with Crippen molar-refractivity contribution in [3.05, 3.63) is 91.0 Å². The quantitative estimate of drug-likeness (QED) is 0.628. The second-order valence-electron chi connectivity index (χ2n) is 5.17. The van der Waals surface area contributed by atoms with Gasteiger partial charge in [0.15, 0.2) is 0 Å². The summed E-state index contributed by atoms with van der Waals surface area (Å²) in [4.78, 5) is 0. The third-order valence-corrected chi connectivity index (χ3v) is 8.80. The molecule has 0 bridgehead atoms. The third-order valence-electron chi connectivity index (χ3n) is 3.89. The van der Waals surface area contributed by atoms with E-state index in [1.165, 1.54) is 15.9 Å². The maximum Gasteiger partial charge on any atom is 0.0246 e. The van der Waals surface area contributed by atoms with Gasteiger partial charge in [-0.3, -0.25) is 0 Å². The van der Waals surface area contributed by atoms with Gasteiger partial charge in [0, 0.05) is 4.75 Å². The van der Waals surface area contributed by atoms with Crippen molar-refractivity contribution >= 4 is 39.2 Å². The van der Waals surface area contributed by atoms with Crippen molar-refractivity contribution in [2.75, 3.05) is 0 Å². The Labute approximate surface area is 137 Å². The second-order valence-corrected chi connectivity index (χ2v) is 9.57. The van der Waals surface area contributed by atoms with Crippen LogP contribution in [0.2, 0.25) is 0 Å². The van der Waals surface area contributed by atoms with Gasteiger partial charge in [-0.05, 0) is 29.7 Å². The molecule has 0 unspecified atom stereocenters. The maximum atomic E-state index is 6.77. The van der Waals surface area contributed by atoms with Crippen LogP contribution in [0, 0.1) is 0 Å². The molecule has 0 spiro atoms. The Bertz CT molecular complexity index is 685. The molecule has 0 aromatic heterocycles. The zero-order valence-corrected chi connectivity index (χ0v) is 14.1. The Balaban J connectivity index is 2.44. The Morgan fingerprint density at radius 1 is 0.591 bits per heavy atom. The molecular weight excluding hydrogens is 307 g/mol. The van der Waals surface area contributed by atoms with Crippen molar-refractivity contribution in [3.63, 3.8) is 0 Å². The van der Waals surface area contributed by atoms with Gasteiger partial charge in [-0.2, -0.15) is 0 Å². The van der Waals surface area contributed by atoms with Gasteiger partial charge in [0.25, 0.3) is 0 Å². The number of rotatable bonds is 3. The van der Waals surface area contributed by atoms with E-state index in [0.29, 0.717) is 0 Å². The van der Waals surface area contributed by atoms with Crippen LogP contribution < -0.4 is 15.9 Å². The SMILES string of the molecule is CC(Cl)=P(c1ccccc1)(c1ccccc1)c1ccccc1. The van der Waals surface area contributed by atoms with Crippen LogP contribution >= 0.6 is 18.5 Å². The lowest BCUT2D eigenvalue weighted by Crippen LogP contribution is -2.28. The molecule has 0 aliphatic heterocycles. The van der Waals surface area contributed by atoms with Crippen LogP contribution in [0.1, 0.15) is 6.92 Å². The van der Waals surface area contributed by atoms with E-state index >= 15 is 0 Å². The van der Waals surface area contributed by atoms with Crippen molar-refractivity contribution in [1.29, 1.82) is 0 Å². The number of hydrogen-bond acceptors (Lipinski definition) is 0. The number of benzene rings is 3. The molecule has 110 valence electrons. The van der Waals surface area contributed by atoms with Gasteiger partial charge < -0.3 is 0 Å². The van der Waals surface area contributed by atoms with E-state index < -0.39 is 6.89 Å². The second kappa shape index (κ2) is 6.57. The molecular formula is C20H18ClP. The predicted molar refractivity (Wildman–Crippen MR) is 102 cm³/mol. The summed E-state index contributed by atoms with van der Waals surface area (Å²) >= 11 is 6.77. The first kappa shape index (κ1) is 15.2. The Kier molecular flexibility index (Phi) is 4.52. The van der Waals surface area contributed by atoms with Crippen molar-refractivity contribution in [1.82, 2.24) is 0 Å². The summed E-state index contributed by atoms with van der Waals surface area (Å²) in [6.07, 6.45) is 0. The standard InChI is InChI=1S/C20H18ClP/c1-17(21)22(18-11-5-2-6-12-18,19-13-7-3-8-14-19)20-15-9-4-10-16-20/h2-16H,1H3. The van der Waals surface area contributed by atoms with Gasteiger partial charge in [0.1, 0.15) is 0 Å². The fourth-order valence-corrected chi connectivity index (χ4v) is 7.63.